The Labute approximate surface area is 143 Å². The van der Waals surface area contributed by atoms with Crippen molar-refractivity contribution in [3.05, 3.63) is 57.0 Å². The maximum atomic E-state index is 12.3. The predicted octanol–water partition coefficient (Wildman–Crippen LogP) is 3.46. The van der Waals surface area contributed by atoms with E-state index in [9.17, 15) is 4.79 Å². The van der Waals surface area contributed by atoms with Crippen molar-refractivity contribution in [2.24, 2.45) is 0 Å². The summed E-state index contributed by atoms with van der Waals surface area (Å²) in [5.74, 6) is 0.898. The summed E-state index contributed by atoms with van der Waals surface area (Å²) >= 11 is 6.03. The van der Waals surface area contributed by atoms with Gasteiger partial charge in [-0.25, -0.2) is 4.98 Å². The number of fused-ring (bicyclic) bond motifs is 1. The van der Waals surface area contributed by atoms with E-state index < -0.39 is 0 Å². The highest BCUT2D eigenvalue weighted by Crippen LogP contribution is 2.22. The Morgan fingerprint density at radius 3 is 2.88 bits per heavy atom. The van der Waals surface area contributed by atoms with Gasteiger partial charge in [-0.1, -0.05) is 11.6 Å². The van der Waals surface area contributed by atoms with Crippen LogP contribution in [-0.4, -0.2) is 22.1 Å². The van der Waals surface area contributed by atoms with Crippen LogP contribution in [0.25, 0.3) is 10.9 Å². The Morgan fingerprint density at radius 1 is 1.33 bits per heavy atom. The predicted molar refractivity (Wildman–Crippen MR) is 94.9 cm³/mol. The van der Waals surface area contributed by atoms with Crippen LogP contribution in [0.15, 0.2) is 35.3 Å². The van der Waals surface area contributed by atoms with Gasteiger partial charge in [0.2, 0.25) is 11.8 Å². The first-order valence-corrected chi connectivity index (χ1v) is 7.82. The fourth-order valence-corrected chi connectivity index (χ4v) is 2.67. The molecule has 124 valence electrons. The number of benzene rings is 1. The first-order chi connectivity index (χ1) is 11.5. The number of aromatic nitrogens is 3. The van der Waals surface area contributed by atoms with Crippen molar-refractivity contribution in [1.82, 2.24) is 15.0 Å². The van der Waals surface area contributed by atoms with Gasteiger partial charge in [0.05, 0.1) is 13.2 Å². The minimum atomic E-state index is -0.287. The van der Waals surface area contributed by atoms with Crippen LogP contribution in [0, 0.1) is 6.92 Å². The van der Waals surface area contributed by atoms with Gasteiger partial charge in [0.15, 0.2) is 0 Å². The summed E-state index contributed by atoms with van der Waals surface area (Å²) in [5, 5.41) is 4.61. The second kappa shape index (κ2) is 6.49. The number of anilines is 1. The molecular formula is C17H17ClN4O2. The van der Waals surface area contributed by atoms with E-state index in [0.29, 0.717) is 22.4 Å². The molecular weight excluding hydrogens is 328 g/mol. The SMILES string of the molecule is COc1nc(N[C@@H](C)c2cc3cc(Cl)ccc3[nH]c2=O)ncc1C. The van der Waals surface area contributed by atoms with E-state index >= 15 is 0 Å². The summed E-state index contributed by atoms with van der Waals surface area (Å²) < 4.78 is 5.19. The molecule has 0 fully saturated rings. The number of methoxy groups -OCH3 is 1. The highest BCUT2D eigenvalue weighted by atomic mass is 35.5. The molecule has 1 atom stereocenters. The van der Waals surface area contributed by atoms with Crippen LogP contribution in [-0.2, 0) is 0 Å². The average molecular weight is 345 g/mol. The third-order valence-electron chi connectivity index (χ3n) is 3.77. The first kappa shape index (κ1) is 16.3. The molecule has 0 unspecified atom stereocenters. The van der Waals surface area contributed by atoms with Crippen molar-refractivity contribution in [3.63, 3.8) is 0 Å². The monoisotopic (exact) mass is 344 g/mol. The van der Waals surface area contributed by atoms with Crippen molar-refractivity contribution in [3.8, 4) is 5.88 Å². The van der Waals surface area contributed by atoms with Crippen LogP contribution in [0.2, 0.25) is 5.02 Å². The molecule has 0 aliphatic rings. The van der Waals surface area contributed by atoms with Gasteiger partial charge in [0.25, 0.3) is 5.56 Å². The van der Waals surface area contributed by atoms with Crippen molar-refractivity contribution >= 4 is 28.5 Å². The summed E-state index contributed by atoms with van der Waals surface area (Å²) in [6, 6.07) is 6.88. The van der Waals surface area contributed by atoms with E-state index in [1.165, 1.54) is 0 Å². The molecule has 2 heterocycles. The third kappa shape index (κ3) is 3.19. The molecule has 2 aromatic heterocycles. The topological polar surface area (TPSA) is 79.9 Å². The summed E-state index contributed by atoms with van der Waals surface area (Å²) in [6.07, 6.45) is 1.67. The molecule has 0 radical (unpaired) electrons. The molecule has 7 heteroatoms. The van der Waals surface area contributed by atoms with E-state index in [0.717, 1.165) is 16.5 Å². The molecule has 3 rings (SSSR count). The first-order valence-electron chi connectivity index (χ1n) is 7.44. The molecule has 1 aromatic carbocycles. The lowest BCUT2D eigenvalue weighted by Gasteiger charge is -2.15. The largest absolute Gasteiger partial charge is 0.481 e. The van der Waals surface area contributed by atoms with Gasteiger partial charge in [-0.05, 0) is 38.1 Å². The average Bonchev–Trinajstić information content (AvgIpc) is 2.56. The minimum Gasteiger partial charge on any atom is -0.481 e. The number of rotatable bonds is 4. The van der Waals surface area contributed by atoms with Crippen molar-refractivity contribution in [2.75, 3.05) is 12.4 Å². The Balaban J connectivity index is 1.94. The Bertz CT molecular complexity index is 955. The molecule has 24 heavy (non-hydrogen) atoms. The van der Waals surface area contributed by atoms with E-state index in [1.54, 1.807) is 25.4 Å². The van der Waals surface area contributed by atoms with Crippen LogP contribution in [0.5, 0.6) is 5.88 Å². The summed E-state index contributed by atoms with van der Waals surface area (Å²) in [4.78, 5) is 23.7. The zero-order valence-electron chi connectivity index (χ0n) is 13.6. The summed E-state index contributed by atoms with van der Waals surface area (Å²) in [5.41, 5.74) is 2.00. The highest BCUT2D eigenvalue weighted by molar-refractivity contribution is 6.31. The van der Waals surface area contributed by atoms with Crippen LogP contribution < -0.4 is 15.6 Å². The molecule has 0 aliphatic carbocycles. The number of aromatic amines is 1. The van der Waals surface area contributed by atoms with E-state index in [4.69, 9.17) is 16.3 Å². The zero-order valence-corrected chi connectivity index (χ0v) is 14.3. The lowest BCUT2D eigenvalue weighted by Crippen LogP contribution is -2.20. The molecule has 0 amide bonds. The number of halogens is 1. The van der Waals surface area contributed by atoms with Crippen LogP contribution in [0.1, 0.15) is 24.1 Å². The van der Waals surface area contributed by atoms with Gasteiger partial charge in [-0.15, -0.1) is 0 Å². The Hall–Kier alpha value is -2.60. The Kier molecular flexibility index (Phi) is 4.40. The van der Waals surface area contributed by atoms with Crippen molar-refractivity contribution in [1.29, 1.82) is 0 Å². The van der Waals surface area contributed by atoms with Gasteiger partial charge in [0.1, 0.15) is 0 Å². The maximum absolute atomic E-state index is 12.3. The zero-order chi connectivity index (χ0) is 17.3. The smallest absolute Gasteiger partial charge is 0.253 e. The molecule has 0 saturated carbocycles. The lowest BCUT2D eigenvalue weighted by atomic mass is 10.1. The second-order valence-electron chi connectivity index (χ2n) is 5.54. The number of aryl methyl sites for hydroxylation is 1. The van der Waals surface area contributed by atoms with Crippen LogP contribution in [0.4, 0.5) is 5.95 Å². The van der Waals surface area contributed by atoms with Crippen molar-refractivity contribution in [2.45, 2.75) is 19.9 Å². The fourth-order valence-electron chi connectivity index (χ4n) is 2.49. The Morgan fingerprint density at radius 2 is 2.12 bits per heavy atom. The third-order valence-corrected chi connectivity index (χ3v) is 4.00. The van der Waals surface area contributed by atoms with Gasteiger partial charge in [0, 0.05) is 33.2 Å². The molecule has 0 spiro atoms. The van der Waals surface area contributed by atoms with Gasteiger partial charge in [-0.2, -0.15) is 4.98 Å². The fraction of sp³-hybridized carbons (Fsp3) is 0.235. The maximum Gasteiger partial charge on any atom is 0.253 e. The second-order valence-corrected chi connectivity index (χ2v) is 5.97. The molecule has 3 aromatic rings. The van der Waals surface area contributed by atoms with Crippen LogP contribution in [0.3, 0.4) is 0 Å². The number of pyridine rings is 1. The summed E-state index contributed by atoms with van der Waals surface area (Å²) in [7, 11) is 1.56. The van der Waals surface area contributed by atoms with Crippen LogP contribution >= 0.6 is 11.6 Å². The number of nitrogens with zero attached hydrogens (tertiary/aromatic N) is 2. The summed E-state index contributed by atoms with van der Waals surface area (Å²) in [6.45, 7) is 3.74. The van der Waals surface area contributed by atoms with E-state index in [2.05, 4.69) is 20.3 Å². The minimum absolute atomic E-state index is 0.163. The standard InChI is InChI=1S/C17H17ClN4O2/c1-9-8-19-17(22-16(9)24-3)20-10(2)13-7-11-6-12(18)4-5-14(11)21-15(13)23/h4-8,10H,1-3H3,(H,21,23)(H,19,20,22)/t10-/m0/s1. The van der Waals surface area contributed by atoms with Gasteiger partial charge < -0.3 is 15.0 Å². The lowest BCUT2D eigenvalue weighted by molar-refractivity contribution is 0.394. The number of hydrogen-bond donors (Lipinski definition) is 2. The van der Waals surface area contributed by atoms with E-state index in [-0.39, 0.29) is 11.6 Å². The number of hydrogen-bond acceptors (Lipinski definition) is 5. The normalized spacial score (nSPS) is 12.2. The molecule has 6 nitrogen and oxygen atoms in total. The van der Waals surface area contributed by atoms with Gasteiger partial charge in [-0.3, -0.25) is 4.79 Å². The molecule has 2 N–H and O–H groups in total. The number of H-pyrrole nitrogens is 1. The molecule has 0 saturated heterocycles. The van der Waals surface area contributed by atoms with Crippen molar-refractivity contribution < 1.29 is 4.74 Å². The highest BCUT2D eigenvalue weighted by Gasteiger charge is 2.13. The quantitative estimate of drug-likeness (QED) is 0.757. The van der Waals surface area contributed by atoms with Gasteiger partial charge >= 0.3 is 0 Å². The number of ether oxygens (including phenoxy) is 1. The van der Waals surface area contributed by atoms with E-state index in [1.807, 2.05) is 26.0 Å². The molecule has 0 bridgehead atoms. The molecule has 0 aliphatic heterocycles. The number of nitrogens with one attached hydrogen (secondary N) is 2.